The van der Waals surface area contributed by atoms with E-state index in [0.29, 0.717) is 12.2 Å². The molecule has 1 aromatic carbocycles. The third-order valence-electron chi connectivity index (χ3n) is 5.40. The van der Waals surface area contributed by atoms with E-state index in [0.717, 1.165) is 36.7 Å². The van der Waals surface area contributed by atoms with E-state index in [1.54, 1.807) is 26.0 Å². The standard InChI is InChI=1S/C20H25F3N4O.ClH/c1-12-8-13(2)27(26-12)16-7-6-15(18(9-16)20(21,22)23)11-25-19(28)17-5-3-4-14(17)10-24;/h6-9,14,17H,3-5,10-11,24H2,1-2H3,(H,25,28);1H/t14-,17-;/m1./s1. The number of benzene rings is 1. The molecule has 5 nitrogen and oxygen atoms in total. The Bertz CT molecular complexity index is 866. The van der Waals surface area contributed by atoms with Gasteiger partial charge in [-0.1, -0.05) is 12.5 Å². The number of rotatable bonds is 5. The normalized spacial score (nSPS) is 19.1. The Labute approximate surface area is 174 Å². The maximum Gasteiger partial charge on any atom is 0.416 e. The van der Waals surface area contributed by atoms with Gasteiger partial charge in [-0.3, -0.25) is 4.79 Å². The Morgan fingerprint density at radius 2 is 2.00 bits per heavy atom. The van der Waals surface area contributed by atoms with Gasteiger partial charge in [-0.25, -0.2) is 4.68 Å². The molecule has 0 saturated heterocycles. The summed E-state index contributed by atoms with van der Waals surface area (Å²) in [5.41, 5.74) is 6.79. The predicted molar refractivity (Wildman–Crippen MR) is 107 cm³/mol. The van der Waals surface area contributed by atoms with Crippen LogP contribution in [0.15, 0.2) is 24.3 Å². The first kappa shape index (κ1) is 23.2. The largest absolute Gasteiger partial charge is 0.416 e. The topological polar surface area (TPSA) is 72.9 Å². The van der Waals surface area contributed by atoms with Crippen LogP contribution in [0.25, 0.3) is 5.69 Å². The molecule has 3 N–H and O–H groups in total. The van der Waals surface area contributed by atoms with E-state index >= 15 is 0 Å². The molecule has 9 heteroatoms. The van der Waals surface area contributed by atoms with Crippen LogP contribution in [-0.2, 0) is 17.5 Å². The van der Waals surface area contributed by atoms with Gasteiger partial charge < -0.3 is 11.1 Å². The van der Waals surface area contributed by atoms with E-state index in [2.05, 4.69) is 10.4 Å². The number of alkyl halides is 3. The zero-order chi connectivity index (χ0) is 20.5. The van der Waals surface area contributed by atoms with Gasteiger partial charge in [0.1, 0.15) is 0 Å². The van der Waals surface area contributed by atoms with E-state index in [4.69, 9.17) is 5.73 Å². The van der Waals surface area contributed by atoms with Gasteiger partial charge in [-0.2, -0.15) is 18.3 Å². The molecule has 1 aliphatic rings. The Morgan fingerprint density at radius 3 is 2.59 bits per heavy atom. The molecule has 2 aromatic rings. The van der Waals surface area contributed by atoms with Crippen molar-refractivity contribution in [1.29, 1.82) is 0 Å². The van der Waals surface area contributed by atoms with Gasteiger partial charge in [0.15, 0.2) is 0 Å². The van der Waals surface area contributed by atoms with E-state index < -0.39 is 11.7 Å². The molecule has 29 heavy (non-hydrogen) atoms. The van der Waals surface area contributed by atoms with E-state index in [1.807, 2.05) is 0 Å². The summed E-state index contributed by atoms with van der Waals surface area (Å²) in [6.07, 6.45) is -1.99. The number of halogens is 4. The van der Waals surface area contributed by atoms with Gasteiger partial charge in [0.2, 0.25) is 5.91 Å². The highest BCUT2D eigenvalue weighted by Gasteiger charge is 2.35. The number of aryl methyl sites for hydroxylation is 2. The van der Waals surface area contributed by atoms with Crippen LogP contribution in [0, 0.1) is 25.7 Å². The smallest absolute Gasteiger partial charge is 0.352 e. The van der Waals surface area contributed by atoms with Crippen molar-refractivity contribution in [2.75, 3.05) is 6.54 Å². The van der Waals surface area contributed by atoms with Gasteiger partial charge >= 0.3 is 6.18 Å². The lowest BCUT2D eigenvalue weighted by atomic mass is 9.95. The van der Waals surface area contributed by atoms with Gasteiger partial charge in [0.05, 0.1) is 16.9 Å². The van der Waals surface area contributed by atoms with Gasteiger partial charge in [-0.05, 0) is 62.9 Å². The highest BCUT2D eigenvalue weighted by Crippen LogP contribution is 2.34. The molecular formula is C20H26ClF3N4O. The molecule has 1 aromatic heterocycles. The quantitative estimate of drug-likeness (QED) is 0.755. The molecule has 160 valence electrons. The third-order valence-corrected chi connectivity index (χ3v) is 5.40. The molecule has 1 fully saturated rings. The summed E-state index contributed by atoms with van der Waals surface area (Å²) in [4.78, 5) is 12.4. The number of carbonyl (C=O) groups is 1. The van der Waals surface area contributed by atoms with Crippen LogP contribution in [0.2, 0.25) is 0 Å². The molecule has 1 aliphatic carbocycles. The molecule has 1 amide bonds. The molecule has 0 radical (unpaired) electrons. The second-order valence-electron chi connectivity index (χ2n) is 7.43. The minimum atomic E-state index is -4.53. The predicted octanol–water partition coefficient (Wildman–Crippen LogP) is 3.92. The van der Waals surface area contributed by atoms with Crippen LogP contribution < -0.4 is 11.1 Å². The average molecular weight is 431 g/mol. The Balaban J connectivity index is 0.00000300. The highest BCUT2D eigenvalue weighted by atomic mass is 35.5. The number of aromatic nitrogens is 2. The fraction of sp³-hybridized carbons (Fsp3) is 0.500. The molecule has 0 aliphatic heterocycles. The Hall–Kier alpha value is -2.06. The lowest BCUT2D eigenvalue weighted by molar-refractivity contribution is -0.138. The number of hydrogen-bond acceptors (Lipinski definition) is 3. The first-order valence-electron chi connectivity index (χ1n) is 9.42. The van der Waals surface area contributed by atoms with Gasteiger partial charge in [-0.15, -0.1) is 12.4 Å². The SMILES string of the molecule is Cc1cc(C)n(-c2ccc(CNC(=O)[C@@H]3CCC[C@@H]3CN)c(C(F)(F)F)c2)n1.Cl. The van der Waals surface area contributed by atoms with Crippen molar-refractivity contribution >= 4 is 18.3 Å². The van der Waals surface area contributed by atoms with E-state index in [-0.39, 0.29) is 42.3 Å². The fourth-order valence-electron chi connectivity index (χ4n) is 3.98. The summed E-state index contributed by atoms with van der Waals surface area (Å²) < 4.78 is 42.4. The summed E-state index contributed by atoms with van der Waals surface area (Å²) in [5, 5.41) is 6.92. The summed E-state index contributed by atoms with van der Waals surface area (Å²) >= 11 is 0. The highest BCUT2D eigenvalue weighted by molar-refractivity contribution is 5.85. The van der Waals surface area contributed by atoms with E-state index in [9.17, 15) is 18.0 Å². The summed E-state index contributed by atoms with van der Waals surface area (Å²) in [6.45, 7) is 3.83. The molecule has 2 atom stereocenters. The van der Waals surface area contributed by atoms with Gasteiger partial charge in [0, 0.05) is 18.2 Å². The molecule has 0 unspecified atom stereocenters. The van der Waals surface area contributed by atoms with Crippen molar-refractivity contribution in [2.45, 2.75) is 45.8 Å². The molecule has 1 heterocycles. The number of nitrogens with one attached hydrogen (secondary N) is 1. The minimum Gasteiger partial charge on any atom is -0.352 e. The molecular weight excluding hydrogens is 405 g/mol. The zero-order valence-electron chi connectivity index (χ0n) is 16.4. The second-order valence-corrected chi connectivity index (χ2v) is 7.43. The van der Waals surface area contributed by atoms with Crippen LogP contribution in [0.5, 0.6) is 0 Å². The number of hydrogen-bond donors (Lipinski definition) is 2. The van der Waals surface area contributed by atoms with Crippen molar-refractivity contribution < 1.29 is 18.0 Å². The Kier molecular flexibility index (Phi) is 7.35. The zero-order valence-corrected chi connectivity index (χ0v) is 17.2. The van der Waals surface area contributed by atoms with Crippen LogP contribution in [0.4, 0.5) is 13.2 Å². The maximum absolute atomic E-state index is 13.6. The van der Waals surface area contributed by atoms with E-state index in [1.165, 1.54) is 10.7 Å². The average Bonchev–Trinajstić information content (AvgIpc) is 3.24. The number of nitrogens with two attached hydrogens (primary N) is 1. The molecule has 3 rings (SSSR count). The molecule has 1 saturated carbocycles. The Morgan fingerprint density at radius 1 is 1.28 bits per heavy atom. The number of carbonyl (C=O) groups excluding carboxylic acids is 1. The summed E-state index contributed by atoms with van der Waals surface area (Å²) in [7, 11) is 0. The monoisotopic (exact) mass is 430 g/mol. The van der Waals surface area contributed by atoms with Crippen LogP contribution in [0.1, 0.15) is 41.8 Å². The summed E-state index contributed by atoms with van der Waals surface area (Å²) in [6, 6.07) is 5.88. The molecule has 0 bridgehead atoms. The van der Waals surface area contributed by atoms with Crippen LogP contribution in [-0.4, -0.2) is 22.2 Å². The van der Waals surface area contributed by atoms with Crippen molar-refractivity contribution in [3.05, 3.63) is 46.8 Å². The fourth-order valence-corrected chi connectivity index (χ4v) is 3.98. The van der Waals surface area contributed by atoms with Crippen molar-refractivity contribution in [3.63, 3.8) is 0 Å². The first-order chi connectivity index (χ1) is 13.2. The van der Waals surface area contributed by atoms with Crippen molar-refractivity contribution in [3.8, 4) is 5.69 Å². The number of amides is 1. The maximum atomic E-state index is 13.6. The minimum absolute atomic E-state index is 0. The first-order valence-corrected chi connectivity index (χ1v) is 9.42. The molecule has 0 spiro atoms. The van der Waals surface area contributed by atoms with Crippen molar-refractivity contribution in [2.24, 2.45) is 17.6 Å². The lowest BCUT2D eigenvalue weighted by Crippen LogP contribution is -2.35. The van der Waals surface area contributed by atoms with Crippen LogP contribution >= 0.6 is 12.4 Å². The van der Waals surface area contributed by atoms with Crippen molar-refractivity contribution in [1.82, 2.24) is 15.1 Å². The van der Waals surface area contributed by atoms with Crippen LogP contribution in [0.3, 0.4) is 0 Å². The van der Waals surface area contributed by atoms with Gasteiger partial charge in [0.25, 0.3) is 0 Å². The third kappa shape index (κ3) is 5.11. The second kappa shape index (κ2) is 9.17. The number of nitrogens with zero attached hydrogens (tertiary/aromatic N) is 2. The summed E-state index contributed by atoms with van der Waals surface area (Å²) in [5.74, 6) is -0.326. The lowest BCUT2D eigenvalue weighted by Gasteiger charge is -2.19.